The second-order valence-corrected chi connectivity index (χ2v) is 4.27. The summed E-state index contributed by atoms with van der Waals surface area (Å²) in [6.45, 7) is 6.54. The molecule has 0 atom stereocenters. The highest BCUT2D eigenvalue weighted by Crippen LogP contribution is 2.17. The van der Waals surface area contributed by atoms with Crippen molar-refractivity contribution >= 4 is 5.82 Å². The zero-order valence-corrected chi connectivity index (χ0v) is 9.67. The SMILES string of the molecule is CCCc1nc(CC(C)C)c(N)n1C. The Morgan fingerprint density at radius 1 is 1.43 bits per heavy atom. The summed E-state index contributed by atoms with van der Waals surface area (Å²) in [6, 6.07) is 0. The third kappa shape index (κ3) is 2.28. The van der Waals surface area contributed by atoms with Gasteiger partial charge >= 0.3 is 0 Å². The first-order chi connectivity index (χ1) is 6.56. The molecule has 0 unspecified atom stereocenters. The van der Waals surface area contributed by atoms with Gasteiger partial charge in [0.1, 0.15) is 11.6 Å². The number of nitrogen functional groups attached to an aromatic ring is 1. The second kappa shape index (κ2) is 4.49. The van der Waals surface area contributed by atoms with Crippen molar-refractivity contribution in [1.29, 1.82) is 0 Å². The van der Waals surface area contributed by atoms with Gasteiger partial charge in [-0.15, -0.1) is 0 Å². The topological polar surface area (TPSA) is 43.8 Å². The summed E-state index contributed by atoms with van der Waals surface area (Å²) in [5.41, 5.74) is 7.04. The normalized spacial score (nSPS) is 11.2. The zero-order valence-electron chi connectivity index (χ0n) is 9.67. The largest absolute Gasteiger partial charge is 0.384 e. The molecule has 3 heteroatoms. The smallest absolute Gasteiger partial charge is 0.126 e. The van der Waals surface area contributed by atoms with Gasteiger partial charge < -0.3 is 10.3 Å². The number of anilines is 1. The Kier molecular flexibility index (Phi) is 3.55. The molecule has 1 aromatic heterocycles. The van der Waals surface area contributed by atoms with Crippen molar-refractivity contribution in [1.82, 2.24) is 9.55 Å². The standard InChI is InChI=1S/C11H21N3/c1-5-6-10-13-9(7-8(2)3)11(12)14(10)4/h8H,5-7,12H2,1-4H3. The van der Waals surface area contributed by atoms with E-state index >= 15 is 0 Å². The number of hydrogen-bond donors (Lipinski definition) is 1. The fourth-order valence-corrected chi connectivity index (χ4v) is 1.60. The molecule has 1 aromatic rings. The molecule has 0 saturated carbocycles. The van der Waals surface area contributed by atoms with Crippen molar-refractivity contribution in [2.45, 2.75) is 40.0 Å². The summed E-state index contributed by atoms with van der Waals surface area (Å²) >= 11 is 0. The lowest BCUT2D eigenvalue weighted by Crippen LogP contribution is -2.02. The lowest BCUT2D eigenvalue weighted by atomic mass is 10.1. The third-order valence-corrected chi connectivity index (χ3v) is 2.38. The van der Waals surface area contributed by atoms with E-state index in [-0.39, 0.29) is 0 Å². The predicted octanol–water partition coefficient (Wildman–Crippen LogP) is 2.15. The lowest BCUT2D eigenvalue weighted by molar-refractivity contribution is 0.637. The zero-order chi connectivity index (χ0) is 10.7. The summed E-state index contributed by atoms with van der Waals surface area (Å²) in [5.74, 6) is 2.56. The molecule has 0 radical (unpaired) electrons. The van der Waals surface area contributed by atoms with Crippen molar-refractivity contribution in [3.63, 3.8) is 0 Å². The van der Waals surface area contributed by atoms with E-state index in [0.717, 1.165) is 36.6 Å². The Morgan fingerprint density at radius 2 is 2.07 bits per heavy atom. The summed E-state index contributed by atoms with van der Waals surface area (Å²) < 4.78 is 2.02. The Balaban J connectivity index is 2.90. The van der Waals surface area contributed by atoms with Crippen LogP contribution in [0.1, 0.15) is 38.7 Å². The Morgan fingerprint density at radius 3 is 2.57 bits per heavy atom. The maximum absolute atomic E-state index is 5.98. The number of nitrogens with two attached hydrogens (primary N) is 1. The number of imidazole rings is 1. The van der Waals surface area contributed by atoms with Crippen LogP contribution < -0.4 is 5.73 Å². The molecule has 0 saturated heterocycles. The molecular formula is C11H21N3. The van der Waals surface area contributed by atoms with Gasteiger partial charge in [0.25, 0.3) is 0 Å². The van der Waals surface area contributed by atoms with Gasteiger partial charge in [-0.05, 0) is 18.8 Å². The molecule has 80 valence electrons. The number of nitrogens with zero attached hydrogens (tertiary/aromatic N) is 2. The van der Waals surface area contributed by atoms with Crippen molar-refractivity contribution in [3.05, 3.63) is 11.5 Å². The first-order valence-corrected chi connectivity index (χ1v) is 5.36. The van der Waals surface area contributed by atoms with Crippen LogP contribution in [0.3, 0.4) is 0 Å². The molecule has 0 aromatic carbocycles. The Hall–Kier alpha value is -0.990. The average molecular weight is 195 g/mol. The van der Waals surface area contributed by atoms with Gasteiger partial charge in [0, 0.05) is 13.5 Å². The molecule has 14 heavy (non-hydrogen) atoms. The van der Waals surface area contributed by atoms with E-state index < -0.39 is 0 Å². The molecular weight excluding hydrogens is 174 g/mol. The molecule has 0 amide bonds. The Bertz CT molecular complexity index is 300. The van der Waals surface area contributed by atoms with Gasteiger partial charge in [0.05, 0.1) is 5.69 Å². The van der Waals surface area contributed by atoms with Gasteiger partial charge in [0.2, 0.25) is 0 Å². The number of hydrogen-bond acceptors (Lipinski definition) is 2. The van der Waals surface area contributed by atoms with E-state index in [4.69, 9.17) is 5.73 Å². The summed E-state index contributed by atoms with van der Waals surface area (Å²) in [6.07, 6.45) is 3.10. The van der Waals surface area contributed by atoms with Crippen molar-refractivity contribution in [2.24, 2.45) is 13.0 Å². The molecule has 0 fully saturated rings. The number of rotatable bonds is 4. The highest BCUT2D eigenvalue weighted by molar-refractivity contribution is 5.38. The molecule has 1 heterocycles. The van der Waals surface area contributed by atoms with E-state index in [2.05, 4.69) is 25.8 Å². The van der Waals surface area contributed by atoms with Crippen LogP contribution in [0.15, 0.2) is 0 Å². The molecule has 0 aliphatic carbocycles. The van der Waals surface area contributed by atoms with Crippen molar-refractivity contribution in [3.8, 4) is 0 Å². The highest BCUT2D eigenvalue weighted by Gasteiger charge is 2.11. The van der Waals surface area contributed by atoms with Crippen molar-refractivity contribution in [2.75, 3.05) is 5.73 Å². The minimum atomic E-state index is 0.613. The van der Waals surface area contributed by atoms with Crippen LogP contribution in [0.25, 0.3) is 0 Å². The van der Waals surface area contributed by atoms with Crippen LogP contribution in [-0.4, -0.2) is 9.55 Å². The summed E-state index contributed by atoms with van der Waals surface area (Å²) in [5, 5.41) is 0. The third-order valence-electron chi connectivity index (χ3n) is 2.38. The quantitative estimate of drug-likeness (QED) is 0.800. The second-order valence-electron chi connectivity index (χ2n) is 4.27. The van der Waals surface area contributed by atoms with Gasteiger partial charge in [-0.2, -0.15) is 0 Å². The Labute approximate surface area is 86.3 Å². The maximum atomic E-state index is 5.98. The van der Waals surface area contributed by atoms with Crippen LogP contribution in [0.5, 0.6) is 0 Å². The van der Waals surface area contributed by atoms with E-state index in [0.29, 0.717) is 5.92 Å². The highest BCUT2D eigenvalue weighted by atomic mass is 15.1. The first-order valence-electron chi connectivity index (χ1n) is 5.36. The van der Waals surface area contributed by atoms with Gasteiger partial charge in [-0.3, -0.25) is 0 Å². The molecule has 3 nitrogen and oxygen atoms in total. The number of aryl methyl sites for hydroxylation is 1. The summed E-state index contributed by atoms with van der Waals surface area (Å²) in [7, 11) is 2.00. The molecule has 0 aliphatic heterocycles. The molecule has 1 rings (SSSR count). The lowest BCUT2D eigenvalue weighted by Gasteiger charge is -2.02. The van der Waals surface area contributed by atoms with Crippen LogP contribution >= 0.6 is 0 Å². The molecule has 0 spiro atoms. The fourth-order valence-electron chi connectivity index (χ4n) is 1.60. The summed E-state index contributed by atoms with van der Waals surface area (Å²) in [4.78, 5) is 4.58. The molecule has 0 aliphatic rings. The van der Waals surface area contributed by atoms with Gasteiger partial charge in [0.15, 0.2) is 0 Å². The van der Waals surface area contributed by atoms with Crippen molar-refractivity contribution < 1.29 is 0 Å². The first kappa shape index (κ1) is 11.1. The van der Waals surface area contributed by atoms with E-state index in [1.54, 1.807) is 0 Å². The number of aromatic nitrogens is 2. The van der Waals surface area contributed by atoms with E-state index in [1.807, 2.05) is 11.6 Å². The van der Waals surface area contributed by atoms with Gasteiger partial charge in [-0.1, -0.05) is 20.8 Å². The molecule has 0 bridgehead atoms. The van der Waals surface area contributed by atoms with E-state index in [1.165, 1.54) is 0 Å². The minimum absolute atomic E-state index is 0.613. The minimum Gasteiger partial charge on any atom is -0.384 e. The monoisotopic (exact) mass is 195 g/mol. The predicted molar refractivity (Wildman–Crippen MR) is 60.2 cm³/mol. The average Bonchev–Trinajstić information content (AvgIpc) is 2.34. The van der Waals surface area contributed by atoms with Gasteiger partial charge in [-0.25, -0.2) is 4.98 Å². The van der Waals surface area contributed by atoms with Crippen LogP contribution in [0.4, 0.5) is 5.82 Å². The van der Waals surface area contributed by atoms with Crippen LogP contribution in [0, 0.1) is 5.92 Å². The maximum Gasteiger partial charge on any atom is 0.126 e. The molecule has 2 N–H and O–H groups in total. The van der Waals surface area contributed by atoms with E-state index in [9.17, 15) is 0 Å². The van der Waals surface area contributed by atoms with Crippen LogP contribution in [-0.2, 0) is 19.9 Å². The van der Waals surface area contributed by atoms with Crippen LogP contribution in [0.2, 0.25) is 0 Å². The fraction of sp³-hybridized carbons (Fsp3) is 0.727.